The van der Waals surface area contributed by atoms with E-state index in [1.54, 1.807) is 0 Å². The van der Waals surface area contributed by atoms with Crippen molar-refractivity contribution in [3.05, 3.63) is 122 Å². The number of benzene rings is 4. The maximum Gasteiger partial charge on any atom is 0.159 e. The number of hydrogen-bond acceptors (Lipinski definition) is 2. The molecule has 0 aliphatic rings. The molecule has 0 saturated heterocycles. The first-order valence-electron chi connectivity index (χ1n) is 11.3. The van der Waals surface area contributed by atoms with Crippen LogP contribution in [0.25, 0.3) is 55.5 Å². The summed E-state index contributed by atoms with van der Waals surface area (Å²) in [6.07, 6.45) is 6.00. The molecule has 4 nitrogen and oxygen atoms in total. The lowest BCUT2D eigenvalue weighted by Gasteiger charge is -2.10. The predicted octanol–water partition coefficient (Wildman–Crippen LogP) is 7.18. The monoisotopic (exact) mass is 436 g/mol. The Bertz CT molecular complexity index is 1780. The quantitative estimate of drug-likeness (QED) is 0.294. The Labute approximate surface area is 196 Å². The van der Waals surface area contributed by atoms with Crippen LogP contribution >= 0.6 is 0 Å². The molecule has 0 fully saturated rings. The molecule has 0 unspecified atom stereocenters. The van der Waals surface area contributed by atoms with Crippen LogP contribution in [0.5, 0.6) is 0 Å². The number of aromatic nitrogens is 4. The smallest absolute Gasteiger partial charge is 0.159 e. The second-order valence-corrected chi connectivity index (χ2v) is 8.40. The van der Waals surface area contributed by atoms with Crippen LogP contribution in [-0.2, 0) is 0 Å². The number of hydrogen-bond donors (Lipinski definition) is 0. The van der Waals surface area contributed by atoms with Gasteiger partial charge in [0.2, 0.25) is 0 Å². The molecule has 0 spiro atoms. The van der Waals surface area contributed by atoms with Gasteiger partial charge < -0.3 is 9.13 Å². The minimum Gasteiger partial charge on any atom is -0.316 e. The van der Waals surface area contributed by atoms with Crippen molar-refractivity contribution in [3.8, 4) is 22.8 Å². The van der Waals surface area contributed by atoms with Crippen molar-refractivity contribution < 1.29 is 0 Å². The first-order chi connectivity index (χ1) is 16.9. The number of para-hydroxylation sites is 2. The van der Waals surface area contributed by atoms with E-state index in [0.29, 0.717) is 0 Å². The zero-order valence-corrected chi connectivity index (χ0v) is 18.3. The Hall–Kier alpha value is -4.70. The molecule has 0 aliphatic heterocycles. The van der Waals surface area contributed by atoms with Gasteiger partial charge >= 0.3 is 0 Å². The van der Waals surface area contributed by atoms with Crippen LogP contribution in [0.3, 0.4) is 0 Å². The van der Waals surface area contributed by atoms with Crippen molar-refractivity contribution in [2.75, 3.05) is 0 Å². The largest absolute Gasteiger partial charge is 0.316 e. The van der Waals surface area contributed by atoms with Crippen molar-refractivity contribution >= 4 is 32.7 Å². The second-order valence-electron chi connectivity index (χ2n) is 8.40. The molecule has 0 aliphatic carbocycles. The molecule has 0 N–H and O–H groups in total. The zero-order valence-electron chi connectivity index (χ0n) is 18.3. The molecule has 0 radical (unpaired) electrons. The predicted molar refractivity (Wildman–Crippen MR) is 139 cm³/mol. The fourth-order valence-electron chi connectivity index (χ4n) is 4.93. The molecule has 34 heavy (non-hydrogen) atoms. The van der Waals surface area contributed by atoms with Gasteiger partial charge in [-0.3, -0.25) is 0 Å². The Kier molecular flexibility index (Phi) is 4.11. The van der Waals surface area contributed by atoms with Gasteiger partial charge in [-0.25, -0.2) is 9.97 Å². The van der Waals surface area contributed by atoms with Crippen LogP contribution in [0.1, 0.15) is 0 Å². The third kappa shape index (κ3) is 2.79. The maximum absolute atomic E-state index is 4.71. The topological polar surface area (TPSA) is 35.6 Å². The van der Waals surface area contributed by atoms with Gasteiger partial charge in [0.25, 0.3) is 0 Å². The summed E-state index contributed by atoms with van der Waals surface area (Å²) >= 11 is 0. The van der Waals surface area contributed by atoms with E-state index in [1.807, 2.05) is 48.8 Å². The van der Waals surface area contributed by atoms with Crippen molar-refractivity contribution in [3.63, 3.8) is 0 Å². The van der Waals surface area contributed by atoms with E-state index in [0.717, 1.165) is 28.3 Å². The van der Waals surface area contributed by atoms with Gasteiger partial charge in [-0.1, -0.05) is 72.8 Å². The first kappa shape index (κ1) is 18.8. The summed E-state index contributed by atoms with van der Waals surface area (Å²) in [6, 6.07) is 35.7. The average molecular weight is 437 g/mol. The second kappa shape index (κ2) is 7.42. The lowest BCUT2D eigenvalue weighted by molar-refractivity contribution is 1.08. The number of nitrogens with zero attached hydrogens (tertiary/aromatic N) is 4. The highest BCUT2D eigenvalue weighted by atomic mass is 15.0. The molecule has 0 bridgehead atoms. The minimum absolute atomic E-state index is 0.727. The molecular weight excluding hydrogens is 416 g/mol. The third-order valence-electron chi connectivity index (χ3n) is 6.47. The fraction of sp³-hybridized carbons (Fsp3) is 0. The molecule has 3 aromatic heterocycles. The molecule has 0 amide bonds. The summed E-state index contributed by atoms with van der Waals surface area (Å²) in [5.74, 6) is 0.727. The van der Waals surface area contributed by atoms with E-state index in [2.05, 4.69) is 82.1 Å². The van der Waals surface area contributed by atoms with Gasteiger partial charge in [0.15, 0.2) is 5.82 Å². The van der Waals surface area contributed by atoms with Crippen LogP contribution < -0.4 is 0 Å². The first-order valence-corrected chi connectivity index (χ1v) is 11.3. The van der Waals surface area contributed by atoms with Crippen LogP contribution in [0, 0.1) is 0 Å². The number of fused-ring (bicyclic) bond motifs is 5. The van der Waals surface area contributed by atoms with Crippen LogP contribution in [-0.4, -0.2) is 19.1 Å². The molecule has 0 atom stereocenters. The molecule has 4 heteroatoms. The molecule has 7 aromatic rings. The Morgan fingerprint density at radius 3 is 2.00 bits per heavy atom. The summed E-state index contributed by atoms with van der Waals surface area (Å²) < 4.78 is 4.53. The SMILES string of the molecule is c1ccc(-c2ncc(-n3c4ccccc4c4ccc5c(ccn5-c5ccccc5)c43)cn2)cc1. The molecule has 3 heterocycles. The number of rotatable bonds is 3. The van der Waals surface area contributed by atoms with Gasteiger partial charge in [0.1, 0.15) is 0 Å². The Morgan fingerprint density at radius 1 is 0.500 bits per heavy atom. The Balaban J connectivity index is 1.51. The summed E-state index contributed by atoms with van der Waals surface area (Å²) in [5.41, 5.74) is 6.60. The van der Waals surface area contributed by atoms with Crippen molar-refractivity contribution in [1.29, 1.82) is 0 Å². The normalized spacial score (nSPS) is 11.5. The van der Waals surface area contributed by atoms with E-state index in [4.69, 9.17) is 9.97 Å². The van der Waals surface area contributed by atoms with Crippen LogP contribution in [0.2, 0.25) is 0 Å². The van der Waals surface area contributed by atoms with E-state index < -0.39 is 0 Å². The molecule has 0 saturated carbocycles. The maximum atomic E-state index is 4.71. The van der Waals surface area contributed by atoms with Crippen molar-refractivity contribution in [2.24, 2.45) is 0 Å². The van der Waals surface area contributed by atoms with Gasteiger partial charge in [-0.2, -0.15) is 0 Å². The van der Waals surface area contributed by atoms with Gasteiger partial charge in [-0.05, 0) is 30.3 Å². The van der Waals surface area contributed by atoms with Crippen molar-refractivity contribution in [1.82, 2.24) is 19.1 Å². The van der Waals surface area contributed by atoms with Crippen LogP contribution in [0.15, 0.2) is 122 Å². The molecule has 7 rings (SSSR count). The highest BCUT2D eigenvalue weighted by molar-refractivity contribution is 6.18. The molecule has 4 aromatic carbocycles. The zero-order chi connectivity index (χ0) is 22.5. The third-order valence-corrected chi connectivity index (χ3v) is 6.47. The van der Waals surface area contributed by atoms with Gasteiger partial charge in [-0.15, -0.1) is 0 Å². The van der Waals surface area contributed by atoms with E-state index in [-0.39, 0.29) is 0 Å². The molecular formula is C30H20N4. The summed E-state index contributed by atoms with van der Waals surface area (Å²) in [5, 5.41) is 3.64. The summed E-state index contributed by atoms with van der Waals surface area (Å²) in [7, 11) is 0. The average Bonchev–Trinajstić information content (AvgIpc) is 3.49. The van der Waals surface area contributed by atoms with Crippen molar-refractivity contribution in [2.45, 2.75) is 0 Å². The fourth-order valence-corrected chi connectivity index (χ4v) is 4.93. The summed E-state index contributed by atoms with van der Waals surface area (Å²) in [6.45, 7) is 0. The standard InChI is InChI=1S/C30H20N4/c1-3-9-21(10-4-1)30-31-19-23(20-32-30)34-28-14-8-7-13-24(28)25-15-16-27-26(29(25)34)17-18-33(27)22-11-5-2-6-12-22/h1-20H. The van der Waals surface area contributed by atoms with Gasteiger partial charge in [0.05, 0.1) is 34.6 Å². The highest BCUT2D eigenvalue weighted by Crippen LogP contribution is 2.37. The lowest BCUT2D eigenvalue weighted by Crippen LogP contribution is -1.98. The van der Waals surface area contributed by atoms with E-state index in [1.165, 1.54) is 27.2 Å². The minimum atomic E-state index is 0.727. The van der Waals surface area contributed by atoms with E-state index >= 15 is 0 Å². The van der Waals surface area contributed by atoms with Crippen LogP contribution in [0.4, 0.5) is 0 Å². The lowest BCUT2D eigenvalue weighted by atomic mass is 10.1. The Morgan fingerprint density at radius 2 is 1.21 bits per heavy atom. The van der Waals surface area contributed by atoms with E-state index in [9.17, 15) is 0 Å². The highest BCUT2D eigenvalue weighted by Gasteiger charge is 2.17. The molecule has 160 valence electrons. The summed E-state index contributed by atoms with van der Waals surface area (Å²) in [4.78, 5) is 9.43. The van der Waals surface area contributed by atoms with Gasteiger partial charge in [0, 0.05) is 33.6 Å².